The summed E-state index contributed by atoms with van der Waals surface area (Å²) >= 11 is 0. The average Bonchev–Trinajstić information content (AvgIpc) is 2.52. The number of benzene rings is 2. The van der Waals surface area contributed by atoms with Crippen molar-refractivity contribution >= 4 is 22.8 Å². The van der Waals surface area contributed by atoms with Crippen molar-refractivity contribution in [3.05, 3.63) is 74.3 Å². The second-order valence-corrected chi connectivity index (χ2v) is 4.39. The van der Waals surface area contributed by atoms with Gasteiger partial charge in [0.25, 0.3) is 11.4 Å². The van der Waals surface area contributed by atoms with Crippen LogP contribution >= 0.6 is 0 Å². The van der Waals surface area contributed by atoms with Crippen LogP contribution in [0.4, 0.5) is 17.1 Å². The molecule has 0 aliphatic rings. The van der Waals surface area contributed by atoms with Gasteiger partial charge in [-0.05, 0) is 19.1 Å². The highest BCUT2D eigenvalue weighted by molar-refractivity contribution is 6.02. The van der Waals surface area contributed by atoms with Crippen LogP contribution in [0.3, 0.4) is 0 Å². The zero-order valence-corrected chi connectivity index (χ0v) is 11.6. The fourth-order valence-electron chi connectivity index (χ4n) is 1.84. The molecule has 0 unspecified atom stereocenters. The van der Waals surface area contributed by atoms with E-state index in [-0.39, 0.29) is 11.4 Å². The molecule has 0 saturated carbocycles. The summed E-state index contributed by atoms with van der Waals surface area (Å²) in [4.78, 5) is 20.7. The highest BCUT2D eigenvalue weighted by atomic mass is 16.6. The molecule has 0 bridgehead atoms. The Morgan fingerprint density at radius 1 is 1.05 bits per heavy atom. The lowest BCUT2D eigenvalue weighted by Crippen LogP contribution is -2.04. The van der Waals surface area contributed by atoms with Gasteiger partial charge in [-0.2, -0.15) is 5.10 Å². The molecule has 0 radical (unpaired) electrons. The first kappa shape index (κ1) is 15.1. The molecule has 0 atom stereocenters. The highest BCUT2D eigenvalue weighted by Gasteiger charge is 2.14. The Labute approximate surface area is 125 Å². The Morgan fingerprint density at radius 3 is 2.45 bits per heavy atom. The van der Waals surface area contributed by atoms with Crippen LogP contribution in [0.15, 0.2) is 53.6 Å². The zero-order valence-electron chi connectivity index (χ0n) is 11.6. The largest absolute Gasteiger partial charge is 0.278 e. The molecule has 2 aromatic carbocycles. The first-order chi connectivity index (χ1) is 10.5. The molecule has 2 aromatic rings. The van der Waals surface area contributed by atoms with Crippen molar-refractivity contribution in [2.45, 2.75) is 6.92 Å². The molecule has 0 saturated heterocycles. The van der Waals surface area contributed by atoms with Gasteiger partial charge in [-0.1, -0.05) is 18.2 Å². The molecule has 0 aliphatic heterocycles. The number of nitrogens with one attached hydrogen (secondary N) is 1. The van der Waals surface area contributed by atoms with Gasteiger partial charge < -0.3 is 0 Å². The summed E-state index contributed by atoms with van der Waals surface area (Å²) in [7, 11) is 0. The molecule has 22 heavy (non-hydrogen) atoms. The lowest BCUT2D eigenvalue weighted by Gasteiger charge is -2.04. The summed E-state index contributed by atoms with van der Waals surface area (Å²) in [5.74, 6) is 0. The highest BCUT2D eigenvalue weighted by Crippen LogP contribution is 2.20. The SMILES string of the molecule is C/C(=N/Nc1cccc([N+](=O)[O-])c1)c1ccccc1[N+](=O)[O-]. The van der Waals surface area contributed by atoms with E-state index < -0.39 is 9.85 Å². The van der Waals surface area contributed by atoms with Crippen molar-refractivity contribution in [2.75, 3.05) is 5.43 Å². The third kappa shape index (κ3) is 3.42. The molecule has 8 nitrogen and oxygen atoms in total. The molecule has 0 aliphatic carbocycles. The molecular formula is C14H12N4O4. The first-order valence-electron chi connectivity index (χ1n) is 6.27. The monoisotopic (exact) mass is 300 g/mol. The number of hydrogen-bond donors (Lipinski definition) is 1. The molecule has 1 N–H and O–H groups in total. The Kier molecular flexibility index (Phi) is 4.42. The van der Waals surface area contributed by atoms with Gasteiger partial charge in [0.2, 0.25) is 0 Å². The maximum atomic E-state index is 11.0. The molecule has 0 aromatic heterocycles. The second kappa shape index (κ2) is 6.44. The standard InChI is InChI=1S/C14H12N4O4/c1-10(13-7-2-3-8-14(13)18(21)22)15-16-11-5-4-6-12(9-11)17(19)20/h2-9,16H,1H3/b15-10-. The maximum Gasteiger partial charge on any atom is 0.278 e. The van der Waals surface area contributed by atoms with Gasteiger partial charge in [0.1, 0.15) is 0 Å². The molecule has 0 amide bonds. The number of hydrazone groups is 1. The van der Waals surface area contributed by atoms with Crippen molar-refractivity contribution < 1.29 is 9.85 Å². The van der Waals surface area contributed by atoms with Crippen molar-refractivity contribution in [3.8, 4) is 0 Å². The summed E-state index contributed by atoms with van der Waals surface area (Å²) in [5, 5.41) is 25.7. The van der Waals surface area contributed by atoms with Crippen LogP contribution < -0.4 is 5.43 Å². The number of nitro benzene ring substituents is 2. The van der Waals surface area contributed by atoms with E-state index >= 15 is 0 Å². The van der Waals surface area contributed by atoms with Gasteiger partial charge in [-0.3, -0.25) is 25.7 Å². The number of non-ortho nitro benzene ring substituents is 1. The van der Waals surface area contributed by atoms with Crippen molar-refractivity contribution in [1.29, 1.82) is 0 Å². The fourth-order valence-corrected chi connectivity index (χ4v) is 1.84. The third-order valence-electron chi connectivity index (χ3n) is 2.90. The normalized spacial score (nSPS) is 11.0. The van der Waals surface area contributed by atoms with E-state index in [0.29, 0.717) is 17.0 Å². The van der Waals surface area contributed by atoms with Gasteiger partial charge in [0.05, 0.1) is 26.8 Å². The second-order valence-electron chi connectivity index (χ2n) is 4.39. The molecule has 0 heterocycles. The number of nitro groups is 2. The molecule has 0 spiro atoms. The van der Waals surface area contributed by atoms with Crippen LogP contribution in [-0.2, 0) is 0 Å². The summed E-state index contributed by atoms with van der Waals surface area (Å²) < 4.78 is 0. The summed E-state index contributed by atoms with van der Waals surface area (Å²) in [6.45, 7) is 1.62. The van der Waals surface area contributed by atoms with E-state index in [9.17, 15) is 20.2 Å². The Balaban J connectivity index is 2.25. The van der Waals surface area contributed by atoms with Crippen molar-refractivity contribution in [1.82, 2.24) is 0 Å². The minimum absolute atomic E-state index is 0.0513. The van der Waals surface area contributed by atoms with E-state index in [2.05, 4.69) is 10.5 Å². The lowest BCUT2D eigenvalue weighted by molar-refractivity contribution is -0.385. The number of rotatable bonds is 5. The lowest BCUT2D eigenvalue weighted by atomic mass is 10.1. The number of para-hydroxylation sites is 1. The number of hydrogen-bond acceptors (Lipinski definition) is 6. The predicted molar refractivity (Wildman–Crippen MR) is 82.0 cm³/mol. The Bertz CT molecular complexity index is 758. The zero-order chi connectivity index (χ0) is 16.1. The molecular weight excluding hydrogens is 288 g/mol. The quantitative estimate of drug-likeness (QED) is 0.517. The van der Waals surface area contributed by atoms with Crippen LogP contribution in [0, 0.1) is 20.2 Å². The predicted octanol–water partition coefficient (Wildman–Crippen LogP) is 3.34. The van der Waals surface area contributed by atoms with E-state index in [0.717, 1.165) is 0 Å². The average molecular weight is 300 g/mol. The van der Waals surface area contributed by atoms with Crippen LogP contribution in [0.25, 0.3) is 0 Å². The molecule has 2 rings (SSSR count). The van der Waals surface area contributed by atoms with E-state index in [1.54, 1.807) is 31.2 Å². The first-order valence-corrected chi connectivity index (χ1v) is 6.27. The molecule has 112 valence electrons. The Hall–Kier alpha value is -3.29. The number of anilines is 1. The van der Waals surface area contributed by atoms with E-state index in [1.165, 1.54) is 24.3 Å². The van der Waals surface area contributed by atoms with Gasteiger partial charge in [0.15, 0.2) is 0 Å². The maximum absolute atomic E-state index is 11.0. The van der Waals surface area contributed by atoms with Gasteiger partial charge in [0, 0.05) is 18.2 Å². The van der Waals surface area contributed by atoms with Crippen LogP contribution in [-0.4, -0.2) is 15.6 Å². The topological polar surface area (TPSA) is 111 Å². The molecule has 0 fully saturated rings. The molecule has 8 heteroatoms. The summed E-state index contributed by atoms with van der Waals surface area (Å²) in [6, 6.07) is 12.1. The van der Waals surface area contributed by atoms with Gasteiger partial charge in [-0.15, -0.1) is 0 Å². The van der Waals surface area contributed by atoms with Crippen molar-refractivity contribution in [2.24, 2.45) is 5.10 Å². The van der Waals surface area contributed by atoms with Crippen LogP contribution in [0.2, 0.25) is 0 Å². The smallest absolute Gasteiger partial charge is 0.278 e. The van der Waals surface area contributed by atoms with E-state index in [4.69, 9.17) is 0 Å². The summed E-state index contributed by atoms with van der Waals surface area (Å²) in [6.07, 6.45) is 0. The summed E-state index contributed by atoms with van der Waals surface area (Å²) in [5.41, 5.74) is 3.75. The van der Waals surface area contributed by atoms with Crippen LogP contribution in [0.5, 0.6) is 0 Å². The van der Waals surface area contributed by atoms with Gasteiger partial charge in [-0.25, -0.2) is 0 Å². The Morgan fingerprint density at radius 2 is 1.77 bits per heavy atom. The van der Waals surface area contributed by atoms with Crippen molar-refractivity contribution in [3.63, 3.8) is 0 Å². The van der Waals surface area contributed by atoms with Crippen LogP contribution in [0.1, 0.15) is 12.5 Å². The minimum Gasteiger partial charge on any atom is -0.278 e. The number of nitrogens with zero attached hydrogens (tertiary/aromatic N) is 3. The van der Waals surface area contributed by atoms with Gasteiger partial charge >= 0.3 is 0 Å². The fraction of sp³-hybridized carbons (Fsp3) is 0.0714. The van der Waals surface area contributed by atoms with E-state index in [1.807, 2.05) is 0 Å². The minimum atomic E-state index is -0.510. The third-order valence-corrected chi connectivity index (χ3v) is 2.90.